The van der Waals surface area contributed by atoms with Crippen molar-refractivity contribution in [3.63, 3.8) is 0 Å². The van der Waals surface area contributed by atoms with Crippen LogP contribution in [0, 0.1) is 0 Å². The summed E-state index contributed by atoms with van der Waals surface area (Å²) in [5, 5.41) is 13.5. The van der Waals surface area contributed by atoms with Crippen molar-refractivity contribution in [1.29, 1.82) is 0 Å². The number of amides is 1. The minimum atomic E-state index is -0.0645. The van der Waals surface area contributed by atoms with E-state index in [1.54, 1.807) is 9.58 Å². The van der Waals surface area contributed by atoms with Gasteiger partial charge in [-0.2, -0.15) is 5.10 Å². The number of aliphatic hydroxyl groups excluding tert-OH is 1. The van der Waals surface area contributed by atoms with Crippen LogP contribution in [0.4, 0.5) is 0 Å². The Hall–Kier alpha value is -1.36. The molecule has 5 nitrogen and oxygen atoms in total. The molecule has 0 fully saturated rings. The van der Waals surface area contributed by atoms with Crippen LogP contribution in [0.3, 0.4) is 0 Å². The third-order valence-corrected chi connectivity index (χ3v) is 3.13. The molecule has 0 unspecified atom stereocenters. The van der Waals surface area contributed by atoms with Gasteiger partial charge < -0.3 is 10.0 Å². The Balaban J connectivity index is 3.09. The SMILES string of the molecule is CCn1nc(C(C)C)cc1C(=O)N(CCO)C(C)C. The molecule has 5 heteroatoms. The molecule has 0 aromatic carbocycles. The summed E-state index contributed by atoms with van der Waals surface area (Å²) in [5.74, 6) is 0.231. The summed E-state index contributed by atoms with van der Waals surface area (Å²) in [7, 11) is 0. The van der Waals surface area contributed by atoms with Gasteiger partial charge in [0.1, 0.15) is 5.69 Å². The number of aliphatic hydroxyl groups is 1. The van der Waals surface area contributed by atoms with Crippen LogP contribution >= 0.6 is 0 Å². The summed E-state index contributed by atoms with van der Waals surface area (Å²) in [4.78, 5) is 14.2. The van der Waals surface area contributed by atoms with Gasteiger partial charge in [-0.15, -0.1) is 0 Å². The van der Waals surface area contributed by atoms with E-state index in [0.29, 0.717) is 24.7 Å². The number of aryl methyl sites for hydroxylation is 1. The van der Waals surface area contributed by atoms with Crippen molar-refractivity contribution in [3.05, 3.63) is 17.5 Å². The maximum absolute atomic E-state index is 12.5. The van der Waals surface area contributed by atoms with Crippen molar-refractivity contribution in [2.45, 2.75) is 53.1 Å². The molecule has 0 radical (unpaired) electrons. The zero-order valence-corrected chi connectivity index (χ0v) is 12.6. The largest absolute Gasteiger partial charge is 0.395 e. The Kier molecular flexibility index (Phi) is 5.54. The minimum absolute atomic E-state index is 0.0266. The Labute approximate surface area is 115 Å². The van der Waals surface area contributed by atoms with E-state index in [0.717, 1.165) is 5.69 Å². The van der Waals surface area contributed by atoms with Gasteiger partial charge >= 0.3 is 0 Å². The number of carbonyl (C=O) groups is 1. The highest BCUT2D eigenvalue weighted by atomic mass is 16.3. The third-order valence-electron chi connectivity index (χ3n) is 3.13. The van der Waals surface area contributed by atoms with Crippen LogP contribution in [0.5, 0.6) is 0 Å². The lowest BCUT2D eigenvalue weighted by Crippen LogP contribution is -2.40. The van der Waals surface area contributed by atoms with E-state index >= 15 is 0 Å². The first kappa shape index (κ1) is 15.7. The minimum Gasteiger partial charge on any atom is -0.395 e. The fourth-order valence-corrected chi connectivity index (χ4v) is 1.98. The first-order valence-corrected chi connectivity index (χ1v) is 6.91. The first-order valence-electron chi connectivity index (χ1n) is 6.91. The van der Waals surface area contributed by atoms with Gasteiger partial charge in [-0.1, -0.05) is 13.8 Å². The molecule has 0 aliphatic carbocycles. The fourth-order valence-electron chi connectivity index (χ4n) is 1.98. The topological polar surface area (TPSA) is 58.4 Å². The molecule has 1 rings (SSSR count). The van der Waals surface area contributed by atoms with Crippen LogP contribution < -0.4 is 0 Å². The Morgan fingerprint density at radius 1 is 1.42 bits per heavy atom. The molecule has 1 aromatic heterocycles. The zero-order valence-electron chi connectivity index (χ0n) is 12.6. The van der Waals surface area contributed by atoms with E-state index < -0.39 is 0 Å². The van der Waals surface area contributed by atoms with Crippen LogP contribution in [-0.2, 0) is 6.54 Å². The Morgan fingerprint density at radius 2 is 2.05 bits per heavy atom. The van der Waals surface area contributed by atoms with Crippen LogP contribution in [0.15, 0.2) is 6.07 Å². The molecule has 0 spiro atoms. The van der Waals surface area contributed by atoms with E-state index in [9.17, 15) is 4.79 Å². The molecule has 0 aliphatic heterocycles. The molecular weight excluding hydrogens is 242 g/mol. The van der Waals surface area contributed by atoms with Gasteiger partial charge in [0.25, 0.3) is 5.91 Å². The lowest BCUT2D eigenvalue weighted by molar-refractivity contribution is 0.0653. The van der Waals surface area contributed by atoms with E-state index in [-0.39, 0.29) is 18.6 Å². The van der Waals surface area contributed by atoms with Crippen LogP contribution in [0.2, 0.25) is 0 Å². The predicted molar refractivity (Wildman–Crippen MR) is 75.2 cm³/mol. The number of carbonyl (C=O) groups excluding carboxylic acids is 1. The summed E-state index contributed by atoms with van der Waals surface area (Å²) in [5.41, 5.74) is 1.53. The van der Waals surface area contributed by atoms with Crippen molar-refractivity contribution in [1.82, 2.24) is 14.7 Å². The van der Waals surface area contributed by atoms with Crippen LogP contribution in [-0.4, -0.2) is 44.9 Å². The smallest absolute Gasteiger partial charge is 0.272 e. The molecule has 0 saturated heterocycles. The van der Waals surface area contributed by atoms with Crippen molar-refractivity contribution < 1.29 is 9.90 Å². The third kappa shape index (κ3) is 3.56. The quantitative estimate of drug-likeness (QED) is 0.856. The molecular formula is C14H25N3O2. The van der Waals surface area contributed by atoms with Crippen molar-refractivity contribution in [3.8, 4) is 0 Å². The summed E-state index contributed by atoms with van der Waals surface area (Å²) < 4.78 is 1.74. The molecule has 108 valence electrons. The first-order chi connectivity index (χ1) is 8.92. The van der Waals surface area contributed by atoms with Gasteiger partial charge in [0, 0.05) is 19.1 Å². The number of rotatable bonds is 6. The Morgan fingerprint density at radius 3 is 2.47 bits per heavy atom. The van der Waals surface area contributed by atoms with Crippen molar-refractivity contribution in [2.24, 2.45) is 0 Å². The number of aromatic nitrogens is 2. The molecule has 0 aliphatic rings. The number of hydrogen-bond donors (Lipinski definition) is 1. The summed E-state index contributed by atoms with van der Waals surface area (Å²) >= 11 is 0. The van der Waals surface area contributed by atoms with Crippen LogP contribution in [0.1, 0.15) is 56.7 Å². The lowest BCUT2D eigenvalue weighted by Gasteiger charge is -2.25. The second kappa shape index (κ2) is 6.70. The summed E-state index contributed by atoms with van der Waals surface area (Å²) in [6.07, 6.45) is 0. The van der Waals surface area contributed by atoms with Crippen molar-refractivity contribution in [2.75, 3.05) is 13.2 Å². The van der Waals surface area contributed by atoms with E-state index in [4.69, 9.17) is 5.11 Å². The Bertz CT molecular complexity index is 424. The monoisotopic (exact) mass is 267 g/mol. The average Bonchev–Trinajstić information content (AvgIpc) is 2.78. The molecule has 19 heavy (non-hydrogen) atoms. The molecule has 1 N–H and O–H groups in total. The maximum Gasteiger partial charge on any atom is 0.272 e. The lowest BCUT2D eigenvalue weighted by atomic mass is 10.1. The molecule has 1 aromatic rings. The normalized spacial score (nSPS) is 11.4. The molecule has 0 saturated carbocycles. The van der Waals surface area contributed by atoms with Gasteiger partial charge in [0.2, 0.25) is 0 Å². The van der Waals surface area contributed by atoms with Crippen molar-refractivity contribution >= 4 is 5.91 Å². The van der Waals surface area contributed by atoms with E-state index in [1.807, 2.05) is 26.8 Å². The van der Waals surface area contributed by atoms with Gasteiger partial charge in [-0.25, -0.2) is 0 Å². The highest BCUT2D eigenvalue weighted by molar-refractivity contribution is 5.93. The summed E-state index contributed by atoms with van der Waals surface area (Å²) in [6.45, 7) is 11.0. The van der Waals surface area contributed by atoms with Gasteiger partial charge in [0.05, 0.1) is 12.3 Å². The summed E-state index contributed by atoms with van der Waals surface area (Å²) in [6, 6.07) is 1.92. The van der Waals surface area contributed by atoms with Gasteiger partial charge in [-0.3, -0.25) is 9.48 Å². The second-order valence-electron chi connectivity index (χ2n) is 5.24. The maximum atomic E-state index is 12.5. The predicted octanol–water partition coefficient (Wildman–Crippen LogP) is 1.87. The highest BCUT2D eigenvalue weighted by Gasteiger charge is 2.23. The average molecular weight is 267 g/mol. The van der Waals surface area contributed by atoms with Gasteiger partial charge in [-0.05, 0) is 32.8 Å². The molecule has 1 amide bonds. The highest BCUT2D eigenvalue weighted by Crippen LogP contribution is 2.17. The van der Waals surface area contributed by atoms with E-state index in [2.05, 4.69) is 18.9 Å². The second-order valence-corrected chi connectivity index (χ2v) is 5.24. The van der Waals surface area contributed by atoms with E-state index in [1.165, 1.54) is 0 Å². The molecule has 0 atom stereocenters. The standard InChI is InChI=1S/C14H25N3O2/c1-6-17-13(9-12(15-17)10(2)3)14(19)16(7-8-18)11(4)5/h9-11,18H,6-8H2,1-5H3. The molecule has 0 bridgehead atoms. The van der Waals surface area contributed by atoms with Gasteiger partial charge in [0.15, 0.2) is 0 Å². The fraction of sp³-hybridized carbons (Fsp3) is 0.714. The molecule has 1 heterocycles. The zero-order chi connectivity index (χ0) is 14.6. The number of nitrogens with zero attached hydrogens (tertiary/aromatic N) is 3. The number of hydrogen-bond acceptors (Lipinski definition) is 3. The van der Waals surface area contributed by atoms with Crippen LogP contribution in [0.25, 0.3) is 0 Å².